The van der Waals surface area contributed by atoms with Crippen molar-refractivity contribution >= 4 is 59.5 Å². The van der Waals surface area contributed by atoms with Gasteiger partial charge in [-0.15, -0.1) is 0 Å². The maximum Gasteiger partial charge on any atom is 0.0850 e. The molecule has 2 fully saturated rings. The van der Waals surface area contributed by atoms with Crippen LogP contribution in [0.2, 0.25) is 0 Å². The highest BCUT2D eigenvalue weighted by atomic mass is 16.6. The van der Waals surface area contributed by atoms with Crippen LogP contribution in [0, 0.1) is 0 Å². The van der Waals surface area contributed by atoms with E-state index in [0.717, 1.165) is 31.7 Å². The molecule has 0 saturated carbocycles. The Balaban J connectivity index is 1.66. The van der Waals surface area contributed by atoms with Gasteiger partial charge in [0.2, 0.25) is 0 Å². The number of benzene rings is 6. The normalized spacial score (nSPS) is 19.3. The second kappa shape index (κ2) is 7.17. The Kier molecular flexibility index (Phi) is 4.02. The van der Waals surface area contributed by atoms with Crippen LogP contribution in [0.25, 0.3) is 53.9 Å². The predicted molar refractivity (Wildman–Crippen MR) is 145 cm³/mol. The van der Waals surface area contributed by atoms with Gasteiger partial charge in [0.25, 0.3) is 0 Å². The molecule has 2 saturated heterocycles. The van der Waals surface area contributed by atoms with E-state index in [0.29, 0.717) is 0 Å². The first-order valence-corrected chi connectivity index (χ1v) is 12.5. The standard InChI is InChI=1S/C32H25NO2/c33-29-11-5-10-24-26-13-12-25-22-8-2-1-6-20(22)21-7-3-4-9-23(21)31(25)32(26)28(15-19-17-35-19)27(30(24)29)14-18-16-34-18/h1-13,18-19H,14-17,33H2. The second-order valence-electron chi connectivity index (χ2n) is 10.0. The molecule has 0 aliphatic carbocycles. The molecule has 0 bridgehead atoms. The Morgan fingerprint density at radius 2 is 0.943 bits per heavy atom. The monoisotopic (exact) mass is 455 g/mol. The third-order valence-electron chi connectivity index (χ3n) is 7.93. The minimum Gasteiger partial charge on any atom is -0.398 e. The summed E-state index contributed by atoms with van der Waals surface area (Å²) in [6, 6.07) is 28.6. The summed E-state index contributed by atoms with van der Waals surface area (Å²) in [6.07, 6.45) is 2.36. The van der Waals surface area contributed by atoms with Gasteiger partial charge >= 0.3 is 0 Å². The van der Waals surface area contributed by atoms with Gasteiger partial charge < -0.3 is 15.2 Å². The summed E-state index contributed by atoms with van der Waals surface area (Å²) in [5.41, 5.74) is 10.2. The van der Waals surface area contributed by atoms with Crippen LogP contribution < -0.4 is 5.73 Å². The van der Waals surface area contributed by atoms with E-state index in [-0.39, 0.29) is 12.2 Å². The van der Waals surface area contributed by atoms with Crippen LogP contribution in [0.3, 0.4) is 0 Å². The van der Waals surface area contributed by atoms with Crippen molar-refractivity contribution in [3.63, 3.8) is 0 Å². The molecule has 170 valence electrons. The first kappa shape index (κ1) is 19.6. The van der Waals surface area contributed by atoms with Crippen molar-refractivity contribution in [2.45, 2.75) is 25.0 Å². The van der Waals surface area contributed by atoms with Gasteiger partial charge in [-0.1, -0.05) is 72.8 Å². The van der Waals surface area contributed by atoms with Crippen molar-refractivity contribution in [3.8, 4) is 0 Å². The molecule has 2 aliphatic rings. The third kappa shape index (κ3) is 2.92. The van der Waals surface area contributed by atoms with Crippen LogP contribution in [0.4, 0.5) is 5.69 Å². The number of nitrogen functional groups attached to an aromatic ring is 1. The van der Waals surface area contributed by atoms with E-state index in [1.807, 2.05) is 6.07 Å². The van der Waals surface area contributed by atoms with Gasteiger partial charge in [-0.25, -0.2) is 0 Å². The predicted octanol–water partition coefficient (Wildman–Crippen LogP) is 6.92. The van der Waals surface area contributed by atoms with Crippen molar-refractivity contribution < 1.29 is 9.47 Å². The SMILES string of the molecule is Nc1cccc2c1c(CC1CO1)c(CC1CO1)c1c2ccc2c3ccccc3c3ccccc3c21. The Morgan fingerprint density at radius 3 is 1.54 bits per heavy atom. The van der Waals surface area contributed by atoms with Gasteiger partial charge in [-0.05, 0) is 65.7 Å². The molecule has 0 radical (unpaired) electrons. The summed E-state index contributed by atoms with van der Waals surface area (Å²) >= 11 is 0. The maximum absolute atomic E-state index is 6.67. The Labute approximate surface area is 203 Å². The molecular formula is C32H25NO2. The molecule has 2 unspecified atom stereocenters. The van der Waals surface area contributed by atoms with Gasteiger partial charge in [0.05, 0.1) is 25.4 Å². The number of hydrogen-bond acceptors (Lipinski definition) is 3. The lowest BCUT2D eigenvalue weighted by atomic mass is 9.82. The van der Waals surface area contributed by atoms with E-state index in [1.54, 1.807) is 0 Å². The lowest BCUT2D eigenvalue weighted by Gasteiger charge is -2.21. The van der Waals surface area contributed by atoms with Crippen molar-refractivity contribution in [1.82, 2.24) is 0 Å². The molecule has 0 amide bonds. The Morgan fingerprint density at radius 1 is 0.514 bits per heavy atom. The number of ether oxygens (including phenoxy) is 2. The number of hydrogen-bond donors (Lipinski definition) is 1. The van der Waals surface area contributed by atoms with Gasteiger partial charge in [0.15, 0.2) is 0 Å². The third-order valence-corrected chi connectivity index (χ3v) is 7.93. The lowest BCUT2D eigenvalue weighted by Crippen LogP contribution is -2.07. The molecule has 6 aromatic rings. The van der Waals surface area contributed by atoms with E-state index >= 15 is 0 Å². The molecule has 6 aromatic carbocycles. The molecule has 2 N–H and O–H groups in total. The van der Waals surface area contributed by atoms with Crippen LogP contribution in [-0.2, 0) is 22.3 Å². The number of epoxide rings is 2. The molecule has 3 nitrogen and oxygen atoms in total. The van der Waals surface area contributed by atoms with Crippen LogP contribution in [-0.4, -0.2) is 25.4 Å². The lowest BCUT2D eigenvalue weighted by molar-refractivity contribution is 0.402. The van der Waals surface area contributed by atoms with Gasteiger partial charge in [0, 0.05) is 23.9 Å². The van der Waals surface area contributed by atoms with Gasteiger partial charge in [0.1, 0.15) is 0 Å². The molecule has 2 heterocycles. The molecular weight excluding hydrogens is 430 g/mol. The number of anilines is 1. The summed E-state index contributed by atoms with van der Waals surface area (Å²) in [6.45, 7) is 1.66. The van der Waals surface area contributed by atoms with E-state index in [4.69, 9.17) is 15.2 Å². The molecule has 3 heteroatoms. The fourth-order valence-corrected chi connectivity index (χ4v) is 6.24. The number of fused-ring (bicyclic) bond motifs is 10. The zero-order valence-electron chi connectivity index (χ0n) is 19.4. The molecule has 35 heavy (non-hydrogen) atoms. The van der Waals surface area contributed by atoms with Crippen LogP contribution in [0.1, 0.15) is 11.1 Å². The van der Waals surface area contributed by atoms with Crippen molar-refractivity contribution in [3.05, 3.63) is 90.0 Å². The topological polar surface area (TPSA) is 51.1 Å². The largest absolute Gasteiger partial charge is 0.398 e. The van der Waals surface area contributed by atoms with Crippen molar-refractivity contribution in [2.75, 3.05) is 18.9 Å². The summed E-state index contributed by atoms with van der Waals surface area (Å²) in [4.78, 5) is 0. The molecule has 0 spiro atoms. The Bertz CT molecular complexity index is 1790. The quantitative estimate of drug-likeness (QED) is 0.178. The van der Waals surface area contributed by atoms with E-state index in [1.165, 1.54) is 65.0 Å². The summed E-state index contributed by atoms with van der Waals surface area (Å²) in [5, 5.41) is 12.9. The molecule has 2 atom stereocenters. The fraction of sp³-hybridized carbons (Fsp3) is 0.188. The smallest absolute Gasteiger partial charge is 0.0850 e. The zero-order chi connectivity index (χ0) is 23.1. The highest BCUT2D eigenvalue weighted by Gasteiger charge is 2.31. The van der Waals surface area contributed by atoms with E-state index in [2.05, 4.69) is 72.8 Å². The van der Waals surface area contributed by atoms with Crippen molar-refractivity contribution in [2.24, 2.45) is 0 Å². The van der Waals surface area contributed by atoms with Crippen LogP contribution in [0.15, 0.2) is 78.9 Å². The maximum atomic E-state index is 6.67. The number of nitrogens with two attached hydrogens (primary N) is 1. The van der Waals surface area contributed by atoms with Crippen LogP contribution >= 0.6 is 0 Å². The van der Waals surface area contributed by atoms with Gasteiger partial charge in [-0.3, -0.25) is 0 Å². The highest BCUT2D eigenvalue weighted by molar-refractivity contribution is 6.34. The van der Waals surface area contributed by atoms with E-state index in [9.17, 15) is 0 Å². The first-order valence-electron chi connectivity index (χ1n) is 12.5. The van der Waals surface area contributed by atoms with Gasteiger partial charge in [-0.2, -0.15) is 0 Å². The average Bonchev–Trinajstić information content (AvgIpc) is 3.82. The minimum atomic E-state index is 0.279. The molecule has 0 aromatic heterocycles. The van der Waals surface area contributed by atoms with Crippen molar-refractivity contribution in [1.29, 1.82) is 0 Å². The minimum absolute atomic E-state index is 0.279. The molecule has 8 rings (SSSR count). The van der Waals surface area contributed by atoms with E-state index < -0.39 is 0 Å². The first-order chi connectivity index (χ1) is 17.3. The Hall–Kier alpha value is -3.66. The summed E-state index contributed by atoms with van der Waals surface area (Å²) in [5.74, 6) is 0. The number of rotatable bonds is 4. The zero-order valence-corrected chi connectivity index (χ0v) is 19.4. The molecule has 2 aliphatic heterocycles. The summed E-state index contributed by atoms with van der Waals surface area (Å²) < 4.78 is 11.5. The fourth-order valence-electron chi connectivity index (χ4n) is 6.24. The second-order valence-corrected chi connectivity index (χ2v) is 10.0. The van der Waals surface area contributed by atoms with Crippen LogP contribution in [0.5, 0.6) is 0 Å². The summed E-state index contributed by atoms with van der Waals surface area (Å²) in [7, 11) is 0. The highest BCUT2D eigenvalue weighted by Crippen LogP contribution is 2.45. The average molecular weight is 456 g/mol.